The molecule has 0 radical (unpaired) electrons. The van der Waals surface area contributed by atoms with Gasteiger partial charge in [0, 0.05) is 53.5 Å². The van der Waals surface area contributed by atoms with Gasteiger partial charge in [0.2, 0.25) is 5.91 Å². The van der Waals surface area contributed by atoms with Gasteiger partial charge >= 0.3 is 5.97 Å². The number of fused-ring (bicyclic) bond motifs is 1. The molecule has 2 aromatic carbocycles. The van der Waals surface area contributed by atoms with Gasteiger partial charge in [0.25, 0.3) is 0 Å². The Morgan fingerprint density at radius 1 is 1.24 bits per heavy atom. The zero-order valence-corrected chi connectivity index (χ0v) is 21.4. The average Bonchev–Trinajstić information content (AvgIpc) is 3.57. The molecule has 0 saturated heterocycles. The number of aromatic nitrogens is 2. The van der Waals surface area contributed by atoms with Gasteiger partial charge < -0.3 is 30.2 Å². The van der Waals surface area contributed by atoms with Crippen LogP contribution in [0.3, 0.4) is 0 Å². The molecule has 1 atom stereocenters. The summed E-state index contributed by atoms with van der Waals surface area (Å²) < 4.78 is 26.6. The van der Waals surface area contributed by atoms with Gasteiger partial charge in [-0.1, -0.05) is 0 Å². The highest BCUT2D eigenvalue weighted by Gasteiger charge is 2.35. The van der Waals surface area contributed by atoms with E-state index in [1.807, 2.05) is 19.1 Å². The number of amides is 1. The fourth-order valence-electron chi connectivity index (χ4n) is 4.65. The second kappa shape index (κ2) is 10.3. The van der Waals surface area contributed by atoms with Crippen molar-refractivity contribution in [2.45, 2.75) is 25.3 Å². The molecule has 3 heterocycles. The second-order valence-corrected chi connectivity index (χ2v) is 9.98. The molecule has 5 rings (SSSR count). The number of aromatic carboxylic acids is 1. The predicted molar refractivity (Wildman–Crippen MR) is 141 cm³/mol. The number of hydrogen-bond acceptors (Lipinski definition) is 7. The average molecular weight is 537 g/mol. The number of H-pyrrole nitrogens is 1. The summed E-state index contributed by atoms with van der Waals surface area (Å²) in [4.78, 5) is 30.7. The van der Waals surface area contributed by atoms with E-state index in [2.05, 4.69) is 20.6 Å². The molecule has 0 aliphatic carbocycles. The molecule has 0 bridgehead atoms. The third-order valence-corrected chi connectivity index (χ3v) is 7.17. The van der Waals surface area contributed by atoms with E-state index in [0.29, 0.717) is 28.7 Å². The highest BCUT2D eigenvalue weighted by Crippen LogP contribution is 2.41. The summed E-state index contributed by atoms with van der Waals surface area (Å²) in [5.41, 5.74) is 1.86. The van der Waals surface area contributed by atoms with Crippen LogP contribution < -0.4 is 20.1 Å². The van der Waals surface area contributed by atoms with E-state index in [9.17, 15) is 14.0 Å². The van der Waals surface area contributed by atoms with Crippen LogP contribution in [0.25, 0.3) is 11.1 Å². The van der Waals surface area contributed by atoms with Gasteiger partial charge in [-0.25, -0.2) is 14.2 Å². The fourth-order valence-corrected chi connectivity index (χ4v) is 5.20. The summed E-state index contributed by atoms with van der Waals surface area (Å²) in [7, 11) is 1.53. The van der Waals surface area contributed by atoms with Crippen molar-refractivity contribution >= 4 is 28.3 Å². The zero-order chi connectivity index (χ0) is 26.9. The number of nitrogens with one attached hydrogen (secondary N) is 3. The normalized spacial score (nSPS) is 16.5. The number of ether oxygens (including phenoxy) is 2. The number of benzene rings is 2. The zero-order valence-electron chi connectivity index (χ0n) is 20.6. The number of methoxy groups -OCH3 is 1. The molecule has 4 N–H and O–H groups in total. The molecule has 4 aromatic rings. The van der Waals surface area contributed by atoms with Gasteiger partial charge in [-0.2, -0.15) is 0 Å². The van der Waals surface area contributed by atoms with Crippen LogP contribution in [-0.4, -0.2) is 40.6 Å². The molecule has 196 valence electrons. The SMILES string of the molecule is COc1cc2c(cc1Oc1ccc(-c3c[nH]c(C(=O)O)c3)c(F)c1)[C@@](C)(CC(=O)Nc1nccs1)NCC2. The van der Waals surface area contributed by atoms with Crippen molar-refractivity contribution < 1.29 is 28.6 Å². The number of nitrogens with zero attached hydrogens (tertiary/aromatic N) is 1. The minimum absolute atomic E-state index is 0.0319. The van der Waals surface area contributed by atoms with E-state index in [0.717, 1.165) is 17.5 Å². The Bertz CT molecular complexity index is 1500. The molecule has 0 saturated carbocycles. The lowest BCUT2D eigenvalue weighted by Gasteiger charge is -2.37. The Morgan fingerprint density at radius 3 is 2.76 bits per heavy atom. The number of carbonyl (C=O) groups excluding carboxylic acids is 1. The van der Waals surface area contributed by atoms with Crippen LogP contribution in [-0.2, 0) is 16.8 Å². The van der Waals surface area contributed by atoms with Gasteiger partial charge in [0.15, 0.2) is 16.6 Å². The van der Waals surface area contributed by atoms with E-state index < -0.39 is 17.3 Å². The summed E-state index contributed by atoms with van der Waals surface area (Å²) in [6, 6.07) is 9.45. The topological polar surface area (TPSA) is 126 Å². The summed E-state index contributed by atoms with van der Waals surface area (Å²) in [5.74, 6) is -0.760. The fraction of sp³-hybridized carbons (Fsp3) is 0.222. The number of carboxylic acid groups (broad SMARTS) is 1. The number of rotatable bonds is 8. The number of carbonyl (C=O) groups is 2. The number of halogens is 1. The van der Waals surface area contributed by atoms with Crippen LogP contribution in [0.5, 0.6) is 17.2 Å². The maximum absolute atomic E-state index is 15.0. The van der Waals surface area contributed by atoms with Crippen molar-refractivity contribution in [2.75, 3.05) is 19.0 Å². The first-order valence-corrected chi connectivity index (χ1v) is 12.7. The Hall–Kier alpha value is -4.22. The van der Waals surface area contributed by atoms with Crippen molar-refractivity contribution in [1.82, 2.24) is 15.3 Å². The molecule has 1 amide bonds. The molecule has 2 aromatic heterocycles. The molecule has 11 heteroatoms. The number of hydrogen-bond donors (Lipinski definition) is 4. The smallest absolute Gasteiger partial charge is 0.352 e. The minimum atomic E-state index is -1.13. The van der Waals surface area contributed by atoms with Crippen molar-refractivity contribution in [3.05, 3.63) is 76.8 Å². The van der Waals surface area contributed by atoms with E-state index >= 15 is 0 Å². The largest absolute Gasteiger partial charge is 0.493 e. The first kappa shape index (κ1) is 25.4. The summed E-state index contributed by atoms with van der Waals surface area (Å²) in [6.07, 6.45) is 3.98. The molecule has 1 aliphatic heterocycles. The lowest BCUT2D eigenvalue weighted by Crippen LogP contribution is -2.47. The maximum Gasteiger partial charge on any atom is 0.352 e. The number of carboxylic acids is 1. The van der Waals surface area contributed by atoms with Crippen LogP contribution in [0, 0.1) is 5.82 Å². The lowest BCUT2D eigenvalue weighted by atomic mass is 9.81. The molecular weight excluding hydrogens is 511 g/mol. The lowest BCUT2D eigenvalue weighted by molar-refractivity contribution is -0.117. The third-order valence-electron chi connectivity index (χ3n) is 6.48. The summed E-state index contributed by atoms with van der Waals surface area (Å²) in [6.45, 7) is 2.65. The monoisotopic (exact) mass is 536 g/mol. The van der Waals surface area contributed by atoms with Crippen LogP contribution >= 0.6 is 11.3 Å². The van der Waals surface area contributed by atoms with Crippen LogP contribution in [0.4, 0.5) is 9.52 Å². The molecule has 1 aliphatic rings. The number of aromatic amines is 1. The standard InChI is InChI=1S/C27H25FN4O5S/c1-27(13-24(33)32-26-29-7-8-38-26)19-12-23(22(36-2)10-15(19)5-6-31-27)37-17-3-4-18(20(28)11-17)16-9-21(25(34)35)30-14-16/h3-4,7-12,14,30-31H,5-6,13H2,1-2H3,(H,34,35)(H,29,32,33)/t27-/m1/s1. The molecule has 38 heavy (non-hydrogen) atoms. The highest BCUT2D eigenvalue weighted by atomic mass is 32.1. The van der Waals surface area contributed by atoms with Crippen molar-refractivity contribution in [1.29, 1.82) is 0 Å². The second-order valence-electron chi connectivity index (χ2n) is 9.08. The summed E-state index contributed by atoms with van der Waals surface area (Å²) in [5, 5.41) is 17.7. The molecule has 0 fully saturated rings. The van der Waals surface area contributed by atoms with E-state index in [-0.39, 0.29) is 29.3 Å². The third kappa shape index (κ3) is 5.11. The molecule has 9 nitrogen and oxygen atoms in total. The Balaban J connectivity index is 1.42. The summed E-state index contributed by atoms with van der Waals surface area (Å²) >= 11 is 1.35. The number of thiazole rings is 1. The highest BCUT2D eigenvalue weighted by molar-refractivity contribution is 7.13. The van der Waals surface area contributed by atoms with Gasteiger partial charge in [0.05, 0.1) is 7.11 Å². The Kier molecular flexibility index (Phi) is 6.87. The number of anilines is 1. The maximum atomic E-state index is 15.0. The van der Waals surface area contributed by atoms with Crippen molar-refractivity contribution in [3.63, 3.8) is 0 Å². The van der Waals surface area contributed by atoms with Crippen LogP contribution in [0.2, 0.25) is 0 Å². The predicted octanol–water partition coefficient (Wildman–Crippen LogP) is 5.17. The first-order chi connectivity index (χ1) is 18.3. The van der Waals surface area contributed by atoms with Gasteiger partial charge in [-0.15, -0.1) is 11.3 Å². The quantitative estimate of drug-likeness (QED) is 0.245. The molecule has 0 unspecified atom stereocenters. The Morgan fingerprint density at radius 2 is 2.08 bits per heavy atom. The van der Waals surface area contributed by atoms with E-state index in [4.69, 9.17) is 14.6 Å². The van der Waals surface area contributed by atoms with Crippen LogP contribution in [0.15, 0.2) is 54.2 Å². The minimum Gasteiger partial charge on any atom is -0.493 e. The van der Waals surface area contributed by atoms with Gasteiger partial charge in [-0.05, 0) is 54.8 Å². The van der Waals surface area contributed by atoms with Crippen molar-refractivity contribution in [3.8, 4) is 28.4 Å². The van der Waals surface area contributed by atoms with Crippen molar-refractivity contribution in [2.24, 2.45) is 0 Å². The first-order valence-electron chi connectivity index (χ1n) is 11.8. The molecular formula is C27H25FN4O5S. The molecule has 0 spiro atoms. The van der Waals surface area contributed by atoms with Gasteiger partial charge in [-0.3, -0.25) is 4.79 Å². The van der Waals surface area contributed by atoms with E-state index in [1.54, 1.807) is 17.6 Å². The Labute approximate surface area is 221 Å². The van der Waals surface area contributed by atoms with Gasteiger partial charge in [0.1, 0.15) is 17.3 Å². The van der Waals surface area contributed by atoms with E-state index in [1.165, 1.54) is 42.8 Å². The van der Waals surface area contributed by atoms with Crippen LogP contribution in [0.1, 0.15) is 35.0 Å².